The van der Waals surface area contributed by atoms with Gasteiger partial charge in [-0.25, -0.2) is 4.79 Å². The zero-order chi connectivity index (χ0) is 15.5. The SMILES string of the molecule is O=C(Cc1ccc2c(c1)CCO2)Nc1ccc(C(=O)O)cc1. The minimum atomic E-state index is -0.988. The lowest BCUT2D eigenvalue weighted by molar-refractivity contribution is -0.115. The van der Waals surface area contributed by atoms with E-state index in [4.69, 9.17) is 9.84 Å². The van der Waals surface area contributed by atoms with Gasteiger partial charge in [0.05, 0.1) is 18.6 Å². The van der Waals surface area contributed by atoms with E-state index in [9.17, 15) is 9.59 Å². The summed E-state index contributed by atoms with van der Waals surface area (Å²) in [5.41, 5.74) is 2.84. The van der Waals surface area contributed by atoms with E-state index < -0.39 is 5.97 Å². The maximum Gasteiger partial charge on any atom is 0.335 e. The van der Waals surface area contributed by atoms with Crippen LogP contribution in [-0.2, 0) is 17.6 Å². The lowest BCUT2D eigenvalue weighted by atomic mass is 10.1. The number of hydrogen-bond donors (Lipinski definition) is 2. The zero-order valence-corrected chi connectivity index (χ0v) is 11.8. The highest BCUT2D eigenvalue weighted by Crippen LogP contribution is 2.26. The quantitative estimate of drug-likeness (QED) is 0.909. The molecule has 1 amide bonds. The molecule has 0 unspecified atom stereocenters. The fourth-order valence-corrected chi connectivity index (χ4v) is 2.44. The van der Waals surface area contributed by atoms with Gasteiger partial charge in [0.25, 0.3) is 0 Å². The third-order valence-corrected chi connectivity index (χ3v) is 3.53. The van der Waals surface area contributed by atoms with Crippen molar-refractivity contribution in [2.24, 2.45) is 0 Å². The second-order valence-corrected chi connectivity index (χ2v) is 5.15. The highest BCUT2D eigenvalue weighted by Gasteiger charge is 2.13. The molecule has 2 aromatic carbocycles. The van der Waals surface area contributed by atoms with Crippen LogP contribution in [0.5, 0.6) is 5.75 Å². The van der Waals surface area contributed by atoms with Crippen molar-refractivity contribution in [3.63, 3.8) is 0 Å². The third-order valence-electron chi connectivity index (χ3n) is 3.53. The van der Waals surface area contributed by atoms with E-state index in [0.29, 0.717) is 12.3 Å². The lowest BCUT2D eigenvalue weighted by Gasteiger charge is -2.07. The Morgan fingerprint density at radius 3 is 2.64 bits per heavy atom. The smallest absolute Gasteiger partial charge is 0.335 e. The molecule has 1 aliphatic heterocycles. The topological polar surface area (TPSA) is 75.6 Å². The Bertz CT molecular complexity index is 722. The molecule has 5 heteroatoms. The fraction of sp³-hybridized carbons (Fsp3) is 0.176. The number of anilines is 1. The predicted molar refractivity (Wildman–Crippen MR) is 81.4 cm³/mol. The van der Waals surface area contributed by atoms with Crippen molar-refractivity contribution in [3.05, 3.63) is 59.2 Å². The molecule has 1 aliphatic rings. The Balaban J connectivity index is 1.63. The monoisotopic (exact) mass is 297 g/mol. The van der Waals surface area contributed by atoms with Crippen molar-refractivity contribution < 1.29 is 19.4 Å². The molecule has 0 atom stereocenters. The summed E-state index contributed by atoms with van der Waals surface area (Å²) in [6, 6.07) is 11.9. The molecule has 0 aromatic heterocycles. The van der Waals surface area contributed by atoms with Gasteiger partial charge < -0.3 is 15.2 Å². The summed E-state index contributed by atoms with van der Waals surface area (Å²) in [4.78, 5) is 22.8. The first-order valence-electron chi connectivity index (χ1n) is 6.99. The van der Waals surface area contributed by atoms with Gasteiger partial charge in [-0.3, -0.25) is 4.79 Å². The van der Waals surface area contributed by atoms with Crippen LogP contribution in [-0.4, -0.2) is 23.6 Å². The normalized spacial score (nSPS) is 12.4. The summed E-state index contributed by atoms with van der Waals surface area (Å²) in [6.45, 7) is 0.695. The first kappa shape index (κ1) is 14.1. The van der Waals surface area contributed by atoms with E-state index in [2.05, 4.69) is 5.32 Å². The predicted octanol–water partition coefficient (Wildman–Crippen LogP) is 2.50. The Morgan fingerprint density at radius 1 is 1.14 bits per heavy atom. The number of ether oxygens (including phenoxy) is 1. The van der Waals surface area contributed by atoms with E-state index in [1.54, 1.807) is 12.1 Å². The van der Waals surface area contributed by atoms with Gasteiger partial charge in [0.1, 0.15) is 5.75 Å². The first-order valence-corrected chi connectivity index (χ1v) is 6.99. The van der Waals surface area contributed by atoms with E-state index >= 15 is 0 Å². The zero-order valence-electron chi connectivity index (χ0n) is 11.8. The molecule has 5 nitrogen and oxygen atoms in total. The maximum absolute atomic E-state index is 12.0. The second kappa shape index (κ2) is 5.89. The molecule has 0 saturated heterocycles. The Hall–Kier alpha value is -2.82. The summed E-state index contributed by atoms with van der Waals surface area (Å²) < 4.78 is 5.44. The van der Waals surface area contributed by atoms with Crippen LogP contribution in [0.4, 0.5) is 5.69 Å². The summed E-state index contributed by atoms with van der Waals surface area (Å²) in [5.74, 6) is -0.228. The van der Waals surface area contributed by atoms with Crippen LogP contribution in [0.2, 0.25) is 0 Å². The van der Waals surface area contributed by atoms with E-state index in [-0.39, 0.29) is 17.9 Å². The van der Waals surface area contributed by atoms with Crippen LogP contribution in [0.3, 0.4) is 0 Å². The molecule has 112 valence electrons. The molecule has 22 heavy (non-hydrogen) atoms. The molecule has 3 rings (SSSR count). The van der Waals surface area contributed by atoms with Gasteiger partial charge in [0.2, 0.25) is 5.91 Å². The number of benzene rings is 2. The van der Waals surface area contributed by atoms with Crippen molar-refractivity contribution >= 4 is 17.6 Å². The molecule has 0 aliphatic carbocycles. The van der Waals surface area contributed by atoms with Gasteiger partial charge >= 0.3 is 5.97 Å². The van der Waals surface area contributed by atoms with Gasteiger partial charge in [0, 0.05) is 12.1 Å². The van der Waals surface area contributed by atoms with E-state index in [0.717, 1.165) is 23.3 Å². The number of carbonyl (C=O) groups excluding carboxylic acids is 1. The number of fused-ring (bicyclic) bond motifs is 1. The summed E-state index contributed by atoms with van der Waals surface area (Å²) >= 11 is 0. The van der Waals surface area contributed by atoms with Crippen LogP contribution in [0, 0.1) is 0 Å². The lowest BCUT2D eigenvalue weighted by Crippen LogP contribution is -2.14. The van der Waals surface area contributed by atoms with Crippen molar-refractivity contribution in [2.45, 2.75) is 12.8 Å². The largest absolute Gasteiger partial charge is 0.493 e. The molecule has 1 heterocycles. The van der Waals surface area contributed by atoms with Crippen LogP contribution in [0.15, 0.2) is 42.5 Å². The van der Waals surface area contributed by atoms with Gasteiger partial charge in [-0.1, -0.05) is 12.1 Å². The van der Waals surface area contributed by atoms with Gasteiger partial charge in [-0.05, 0) is 41.5 Å². The minimum Gasteiger partial charge on any atom is -0.493 e. The summed E-state index contributed by atoms with van der Waals surface area (Å²) in [6.07, 6.45) is 1.15. The second-order valence-electron chi connectivity index (χ2n) is 5.15. The molecular formula is C17H15NO4. The summed E-state index contributed by atoms with van der Waals surface area (Å²) in [5, 5.41) is 11.6. The Labute approximate surface area is 127 Å². The number of aromatic carboxylic acids is 1. The minimum absolute atomic E-state index is 0.137. The number of carboxylic acid groups (broad SMARTS) is 1. The number of carboxylic acids is 1. The van der Waals surface area contributed by atoms with E-state index in [1.165, 1.54) is 12.1 Å². The van der Waals surface area contributed by atoms with Crippen LogP contribution < -0.4 is 10.1 Å². The molecule has 0 radical (unpaired) electrons. The highest BCUT2D eigenvalue weighted by molar-refractivity contribution is 5.93. The van der Waals surface area contributed by atoms with Crippen molar-refractivity contribution in [1.29, 1.82) is 0 Å². The first-order chi connectivity index (χ1) is 10.6. The molecule has 2 aromatic rings. The van der Waals surface area contributed by atoms with Crippen LogP contribution in [0.25, 0.3) is 0 Å². The van der Waals surface area contributed by atoms with Crippen LogP contribution >= 0.6 is 0 Å². The van der Waals surface area contributed by atoms with Crippen molar-refractivity contribution in [1.82, 2.24) is 0 Å². The molecule has 0 saturated carbocycles. The molecule has 0 spiro atoms. The van der Waals surface area contributed by atoms with Gasteiger partial charge in [-0.15, -0.1) is 0 Å². The Kier molecular flexibility index (Phi) is 3.78. The number of carbonyl (C=O) groups is 2. The number of hydrogen-bond acceptors (Lipinski definition) is 3. The van der Waals surface area contributed by atoms with E-state index in [1.807, 2.05) is 18.2 Å². The molecule has 0 fully saturated rings. The van der Waals surface area contributed by atoms with Crippen molar-refractivity contribution in [2.75, 3.05) is 11.9 Å². The fourth-order valence-electron chi connectivity index (χ4n) is 2.44. The number of nitrogens with one attached hydrogen (secondary N) is 1. The highest BCUT2D eigenvalue weighted by atomic mass is 16.5. The van der Waals surface area contributed by atoms with Crippen LogP contribution in [0.1, 0.15) is 21.5 Å². The van der Waals surface area contributed by atoms with Gasteiger partial charge in [-0.2, -0.15) is 0 Å². The summed E-state index contributed by atoms with van der Waals surface area (Å²) in [7, 11) is 0. The average molecular weight is 297 g/mol. The maximum atomic E-state index is 12.0. The number of amides is 1. The third kappa shape index (κ3) is 3.09. The Morgan fingerprint density at radius 2 is 1.91 bits per heavy atom. The standard InChI is InChI=1S/C17H15NO4/c19-16(18-14-4-2-12(3-5-14)17(20)21)10-11-1-6-15-13(9-11)7-8-22-15/h1-6,9H,7-8,10H2,(H,18,19)(H,20,21). The molecule has 2 N–H and O–H groups in total. The molecule has 0 bridgehead atoms. The van der Waals surface area contributed by atoms with Crippen molar-refractivity contribution in [3.8, 4) is 5.75 Å². The molecular weight excluding hydrogens is 282 g/mol. The number of rotatable bonds is 4. The average Bonchev–Trinajstić information content (AvgIpc) is 2.95. The van der Waals surface area contributed by atoms with Gasteiger partial charge in [0.15, 0.2) is 0 Å².